The summed E-state index contributed by atoms with van der Waals surface area (Å²) in [6.45, 7) is -0.208. The molecular weight excluding hydrogens is 453 g/mol. The number of carbonyl (C=O) groups excluding carboxylic acids is 1. The first-order chi connectivity index (χ1) is 12.4. The molecule has 3 N–H and O–H groups in total. The predicted octanol–water partition coefficient (Wildman–Crippen LogP) is 1.39. The summed E-state index contributed by atoms with van der Waals surface area (Å²) in [4.78, 5) is 25.7. The number of nitrogens with zero attached hydrogens (tertiary/aromatic N) is 4. The number of hydrogen-bond acceptors (Lipinski definition) is 5. The highest BCUT2D eigenvalue weighted by Crippen LogP contribution is 2.31. The second-order valence-electron chi connectivity index (χ2n) is 5.68. The number of fused-ring (bicyclic) bond motifs is 1. The van der Waals surface area contributed by atoms with E-state index in [1.165, 1.54) is 4.68 Å². The van der Waals surface area contributed by atoms with Crippen LogP contribution in [0.5, 0.6) is 0 Å². The van der Waals surface area contributed by atoms with Crippen LogP contribution in [0.3, 0.4) is 0 Å². The van der Waals surface area contributed by atoms with Crippen molar-refractivity contribution in [3.8, 4) is 6.07 Å². The predicted molar refractivity (Wildman–Crippen MR) is 98.2 cm³/mol. The van der Waals surface area contributed by atoms with Gasteiger partial charge in [0.1, 0.15) is 3.70 Å². The molecule has 0 aliphatic carbocycles. The fourth-order valence-electron chi connectivity index (χ4n) is 2.90. The zero-order chi connectivity index (χ0) is 18.8. The third-order valence-electron chi connectivity index (χ3n) is 4.06. The fourth-order valence-corrected chi connectivity index (χ4v) is 3.48. The lowest BCUT2D eigenvalue weighted by atomic mass is 10.1. The molecule has 10 heteroatoms. The summed E-state index contributed by atoms with van der Waals surface area (Å²) in [7, 11) is 0. The molecule has 2 aromatic rings. The number of aliphatic hydroxyl groups excluding tert-OH is 1. The number of carboxylic acids is 1. The molecule has 1 aromatic carbocycles. The van der Waals surface area contributed by atoms with Crippen molar-refractivity contribution in [2.45, 2.75) is 18.6 Å². The molecular formula is C16H14IN5O4. The molecule has 0 fully saturated rings. The Kier molecular flexibility index (Phi) is 5.10. The summed E-state index contributed by atoms with van der Waals surface area (Å²) < 4.78 is 2.11. The molecule has 3 rings (SSSR count). The molecule has 0 bridgehead atoms. The zero-order valence-electron chi connectivity index (χ0n) is 13.3. The molecule has 1 aromatic heterocycles. The summed E-state index contributed by atoms with van der Waals surface area (Å²) in [6, 6.07) is 7.12. The molecule has 1 aliphatic heterocycles. The first kappa shape index (κ1) is 18.2. The van der Waals surface area contributed by atoms with Gasteiger partial charge in [-0.05, 0) is 52.9 Å². The fraction of sp³-hybridized carbons (Fsp3) is 0.250. The number of anilines is 1. The van der Waals surface area contributed by atoms with Crippen molar-refractivity contribution in [2.24, 2.45) is 0 Å². The quantitative estimate of drug-likeness (QED) is 0.585. The average molecular weight is 467 g/mol. The van der Waals surface area contributed by atoms with E-state index in [1.807, 2.05) is 28.7 Å². The van der Waals surface area contributed by atoms with Crippen LogP contribution in [0.4, 0.5) is 10.5 Å². The Morgan fingerprint density at radius 1 is 1.38 bits per heavy atom. The molecule has 0 saturated carbocycles. The van der Waals surface area contributed by atoms with Crippen LogP contribution in [-0.2, 0) is 11.3 Å². The van der Waals surface area contributed by atoms with Gasteiger partial charge in [0.2, 0.25) is 0 Å². The number of aliphatic hydroxyl groups is 1. The summed E-state index contributed by atoms with van der Waals surface area (Å²) in [5.41, 5.74) is 1.24. The van der Waals surface area contributed by atoms with Gasteiger partial charge >= 0.3 is 12.0 Å². The number of benzene rings is 1. The van der Waals surface area contributed by atoms with Crippen LogP contribution in [-0.4, -0.2) is 49.5 Å². The van der Waals surface area contributed by atoms with Crippen LogP contribution in [0, 0.1) is 15.0 Å². The highest BCUT2D eigenvalue weighted by atomic mass is 127. The minimum absolute atomic E-state index is 0.194. The molecule has 9 nitrogen and oxygen atoms in total. The maximum absolute atomic E-state index is 12.8. The Balaban J connectivity index is 1.92. The third-order valence-corrected chi connectivity index (χ3v) is 4.59. The maximum atomic E-state index is 12.8. The topological polar surface area (TPSA) is 131 Å². The van der Waals surface area contributed by atoms with Gasteiger partial charge in [0.15, 0.2) is 6.04 Å². The largest absolute Gasteiger partial charge is 0.479 e. The molecule has 2 heterocycles. The lowest BCUT2D eigenvalue weighted by Gasteiger charge is -2.39. The molecule has 2 atom stereocenters. The zero-order valence-corrected chi connectivity index (χ0v) is 15.5. The Bertz CT molecular complexity index is 889. The van der Waals surface area contributed by atoms with Crippen LogP contribution < -0.4 is 5.32 Å². The number of hydrogen-bond donors (Lipinski definition) is 3. The SMILES string of the molecule is N#Cc1ccc(NC(=O)N2C(CO)Cn3nc(I)cc3C2C(=O)O)cc1. The van der Waals surface area contributed by atoms with Gasteiger partial charge in [-0.1, -0.05) is 0 Å². The van der Waals surface area contributed by atoms with Crippen molar-refractivity contribution >= 4 is 40.3 Å². The van der Waals surface area contributed by atoms with Crippen LogP contribution in [0.1, 0.15) is 17.3 Å². The molecule has 0 spiro atoms. The molecule has 0 radical (unpaired) electrons. The highest BCUT2D eigenvalue weighted by Gasteiger charge is 2.42. The molecule has 26 heavy (non-hydrogen) atoms. The number of rotatable bonds is 3. The first-order valence-corrected chi connectivity index (χ1v) is 8.69. The normalized spacial score (nSPS) is 18.7. The number of nitriles is 1. The van der Waals surface area contributed by atoms with Crippen LogP contribution in [0.2, 0.25) is 0 Å². The summed E-state index contributed by atoms with van der Waals surface area (Å²) in [5.74, 6) is -1.21. The number of carbonyl (C=O) groups is 2. The van der Waals surface area contributed by atoms with Gasteiger partial charge in [-0.15, -0.1) is 0 Å². The number of aromatic nitrogens is 2. The van der Waals surface area contributed by atoms with Crippen molar-refractivity contribution in [1.82, 2.24) is 14.7 Å². The van der Waals surface area contributed by atoms with Gasteiger partial charge in [-0.3, -0.25) is 9.58 Å². The Labute approximate surface area is 162 Å². The molecule has 0 saturated heterocycles. The minimum atomic E-state index is -1.27. The van der Waals surface area contributed by atoms with Crippen LogP contribution >= 0.6 is 22.6 Å². The van der Waals surface area contributed by atoms with Crippen LogP contribution in [0.15, 0.2) is 30.3 Å². The van der Waals surface area contributed by atoms with Crippen molar-refractivity contribution < 1.29 is 19.8 Å². The number of amides is 2. The average Bonchev–Trinajstić information content (AvgIpc) is 2.99. The number of aliphatic carboxylic acids is 1. The van der Waals surface area contributed by atoms with E-state index >= 15 is 0 Å². The van der Waals surface area contributed by atoms with Gasteiger partial charge in [0.05, 0.1) is 36.5 Å². The Morgan fingerprint density at radius 3 is 2.65 bits per heavy atom. The monoisotopic (exact) mass is 467 g/mol. The van der Waals surface area contributed by atoms with Crippen LogP contribution in [0.25, 0.3) is 0 Å². The number of halogens is 1. The number of carboxylic acid groups (broad SMARTS) is 1. The Morgan fingerprint density at radius 2 is 2.08 bits per heavy atom. The van der Waals surface area contributed by atoms with Crippen molar-refractivity contribution in [3.05, 3.63) is 45.3 Å². The van der Waals surface area contributed by atoms with Crippen molar-refractivity contribution in [3.63, 3.8) is 0 Å². The van der Waals surface area contributed by atoms with Crippen molar-refractivity contribution in [1.29, 1.82) is 5.26 Å². The highest BCUT2D eigenvalue weighted by molar-refractivity contribution is 14.1. The van der Waals surface area contributed by atoms with Gasteiger partial charge in [0, 0.05) is 5.69 Å². The van der Waals surface area contributed by atoms with E-state index in [0.717, 1.165) is 4.90 Å². The van der Waals surface area contributed by atoms with Gasteiger partial charge in [-0.2, -0.15) is 10.4 Å². The second-order valence-corrected chi connectivity index (χ2v) is 6.78. The lowest BCUT2D eigenvalue weighted by molar-refractivity contribution is -0.144. The van der Waals surface area contributed by atoms with E-state index in [4.69, 9.17) is 5.26 Å². The van der Waals surface area contributed by atoms with Crippen molar-refractivity contribution in [2.75, 3.05) is 11.9 Å². The molecule has 1 aliphatic rings. The van der Waals surface area contributed by atoms with E-state index < -0.39 is 30.7 Å². The molecule has 134 valence electrons. The number of urea groups is 1. The van der Waals surface area contributed by atoms with E-state index in [1.54, 1.807) is 30.3 Å². The summed E-state index contributed by atoms with van der Waals surface area (Å²) in [5, 5.41) is 35.0. The summed E-state index contributed by atoms with van der Waals surface area (Å²) >= 11 is 1.97. The second kappa shape index (κ2) is 7.30. The standard InChI is InChI=1S/C16H14IN5O4/c17-13-5-12-14(15(24)25)22(11(8-23)7-21(12)20-13)16(26)19-10-3-1-9(6-18)2-4-10/h1-5,11,14,23H,7-8H2,(H,19,26)(H,24,25). The first-order valence-electron chi connectivity index (χ1n) is 7.61. The third kappa shape index (κ3) is 3.35. The lowest BCUT2D eigenvalue weighted by Crippen LogP contribution is -2.54. The summed E-state index contributed by atoms with van der Waals surface area (Å²) in [6.07, 6.45) is 0. The van der Waals surface area contributed by atoms with Gasteiger partial charge in [-0.25, -0.2) is 9.59 Å². The van der Waals surface area contributed by atoms with E-state index in [9.17, 15) is 19.8 Å². The van der Waals surface area contributed by atoms with E-state index in [0.29, 0.717) is 20.6 Å². The maximum Gasteiger partial charge on any atom is 0.332 e. The van der Waals surface area contributed by atoms with Gasteiger partial charge < -0.3 is 15.5 Å². The minimum Gasteiger partial charge on any atom is -0.479 e. The molecule has 2 unspecified atom stereocenters. The van der Waals surface area contributed by atoms with E-state index in [-0.39, 0.29) is 6.54 Å². The van der Waals surface area contributed by atoms with E-state index in [2.05, 4.69) is 10.4 Å². The number of nitrogens with one attached hydrogen (secondary N) is 1. The molecule has 2 amide bonds. The van der Waals surface area contributed by atoms with Gasteiger partial charge in [0.25, 0.3) is 0 Å². The smallest absolute Gasteiger partial charge is 0.332 e. The Hall–Kier alpha value is -2.65.